The van der Waals surface area contributed by atoms with Crippen molar-refractivity contribution in [3.63, 3.8) is 0 Å². The van der Waals surface area contributed by atoms with Crippen LogP contribution in [-0.4, -0.2) is 46.9 Å². The van der Waals surface area contributed by atoms with Crippen LogP contribution in [0.2, 0.25) is 0 Å². The summed E-state index contributed by atoms with van der Waals surface area (Å²) >= 11 is 1.35. The van der Waals surface area contributed by atoms with Crippen molar-refractivity contribution in [2.75, 3.05) is 20.2 Å². The summed E-state index contributed by atoms with van der Waals surface area (Å²) in [6.07, 6.45) is 4.71. The molecule has 2 N–H and O–H groups in total. The second-order valence-electron chi connectivity index (χ2n) is 5.82. The number of nitrogens with zero attached hydrogens (tertiary/aromatic N) is 4. The molecule has 0 saturated heterocycles. The van der Waals surface area contributed by atoms with E-state index in [1.54, 1.807) is 18.7 Å². The van der Waals surface area contributed by atoms with E-state index in [0.717, 1.165) is 23.5 Å². The number of nitrogens with one attached hydrogen (secondary N) is 2. The first-order valence-corrected chi connectivity index (χ1v) is 9.35. The summed E-state index contributed by atoms with van der Waals surface area (Å²) in [5, 5.41) is 11.6. The molecular formula is C17H27IN6O2S. The molecule has 8 nitrogen and oxygen atoms in total. The maximum Gasteiger partial charge on any atom is 0.350 e. The second kappa shape index (κ2) is 11.2. The summed E-state index contributed by atoms with van der Waals surface area (Å²) in [6, 6.07) is -0.0773. The summed E-state index contributed by atoms with van der Waals surface area (Å²) in [4.78, 5) is 21.2. The van der Waals surface area contributed by atoms with Crippen LogP contribution in [-0.2, 0) is 18.2 Å². The highest BCUT2D eigenvalue weighted by atomic mass is 127. The van der Waals surface area contributed by atoms with Crippen molar-refractivity contribution in [3.8, 4) is 0 Å². The number of aryl methyl sites for hydroxylation is 2. The molecule has 0 bridgehead atoms. The van der Waals surface area contributed by atoms with E-state index in [4.69, 9.17) is 4.74 Å². The first-order valence-electron chi connectivity index (χ1n) is 8.53. The second-order valence-corrected chi connectivity index (χ2v) is 6.86. The third kappa shape index (κ3) is 6.76. The molecule has 2 heterocycles. The number of carbonyl (C=O) groups is 1. The van der Waals surface area contributed by atoms with Gasteiger partial charge in [-0.3, -0.25) is 9.67 Å². The normalized spacial score (nSPS) is 12.3. The van der Waals surface area contributed by atoms with E-state index in [0.29, 0.717) is 23.1 Å². The predicted molar refractivity (Wildman–Crippen MR) is 118 cm³/mol. The standard InChI is InChI=1S/C17H26N6O2S.HI/c1-6-25-16(24)14-11(2)21-15(26-14)12(3)22-17(18-4)19-8-7-13-9-20-23(5)10-13;/h9-10,12H,6-8H2,1-5H3,(H2,18,19,22);1H. The number of guanidine groups is 1. The van der Waals surface area contributed by atoms with Gasteiger partial charge in [-0.05, 0) is 32.8 Å². The number of carbonyl (C=O) groups excluding carboxylic acids is 1. The molecule has 2 aromatic rings. The fraction of sp³-hybridized carbons (Fsp3) is 0.529. The van der Waals surface area contributed by atoms with Gasteiger partial charge in [0.05, 0.1) is 24.5 Å². The van der Waals surface area contributed by atoms with Crippen LogP contribution in [0.5, 0.6) is 0 Å². The van der Waals surface area contributed by atoms with Crippen molar-refractivity contribution in [1.29, 1.82) is 0 Å². The molecule has 0 aliphatic heterocycles. The predicted octanol–water partition coefficient (Wildman–Crippen LogP) is 2.45. The summed E-state index contributed by atoms with van der Waals surface area (Å²) < 4.78 is 6.86. The largest absolute Gasteiger partial charge is 0.462 e. The Morgan fingerprint density at radius 3 is 2.81 bits per heavy atom. The fourth-order valence-corrected chi connectivity index (χ4v) is 3.34. The molecule has 27 heavy (non-hydrogen) atoms. The molecule has 0 aliphatic carbocycles. The molecule has 2 rings (SSSR count). The van der Waals surface area contributed by atoms with E-state index in [1.807, 2.05) is 33.3 Å². The maximum absolute atomic E-state index is 11.9. The Morgan fingerprint density at radius 2 is 2.22 bits per heavy atom. The van der Waals surface area contributed by atoms with Gasteiger partial charge in [-0.15, -0.1) is 35.3 Å². The zero-order chi connectivity index (χ0) is 19.1. The monoisotopic (exact) mass is 506 g/mol. The minimum atomic E-state index is -0.320. The van der Waals surface area contributed by atoms with Gasteiger partial charge in [0.2, 0.25) is 0 Å². The van der Waals surface area contributed by atoms with E-state index >= 15 is 0 Å². The molecule has 2 aromatic heterocycles. The topological polar surface area (TPSA) is 93.4 Å². The highest BCUT2D eigenvalue weighted by molar-refractivity contribution is 14.0. The number of aromatic nitrogens is 3. The molecule has 1 atom stereocenters. The number of rotatable bonds is 7. The Bertz CT molecular complexity index is 773. The van der Waals surface area contributed by atoms with Gasteiger partial charge in [-0.1, -0.05) is 0 Å². The van der Waals surface area contributed by atoms with Crippen molar-refractivity contribution in [1.82, 2.24) is 25.4 Å². The summed E-state index contributed by atoms with van der Waals surface area (Å²) in [5.74, 6) is 0.367. The summed E-state index contributed by atoms with van der Waals surface area (Å²) in [6.45, 7) is 6.69. The van der Waals surface area contributed by atoms with Gasteiger partial charge < -0.3 is 15.4 Å². The Labute approximate surface area is 180 Å². The lowest BCUT2D eigenvalue weighted by Gasteiger charge is -2.16. The van der Waals surface area contributed by atoms with Gasteiger partial charge in [0.15, 0.2) is 5.96 Å². The minimum absolute atomic E-state index is 0. The molecule has 0 saturated carbocycles. The van der Waals surface area contributed by atoms with Gasteiger partial charge in [-0.2, -0.15) is 5.10 Å². The molecule has 150 valence electrons. The highest BCUT2D eigenvalue weighted by Crippen LogP contribution is 2.24. The van der Waals surface area contributed by atoms with E-state index in [9.17, 15) is 4.79 Å². The Morgan fingerprint density at radius 1 is 1.48 bits per heavy atom. The molecule has 0 aromatic carbocycles. The summed E-state index contributed by atoms with van der Waals surface area (Å²) in [5.41, 5.74) is 1.86. The average molecular weight is 506 g/mol. The molecule has 0 amide bonds. The smallest absolute Gasteiger partial charge is 0.350 e. The van der Waals surface area contributed by atoms with E-state index < -0.39 is 0 Å². The van der Waals surface area contributed by atoms with Crippen molar-refractivity contribution < 1.29 is 9.53 Å². The summed E-state index contributed by atoms with van der Waals surface area (Å²) in [7, 11) is 3.63. The van der Waals surface area contributed by atoms with Gasteiger partial charge >= 0.3 is 5.97 Å². The number of hydrogen-bond donors (Lipinski definition) is 2. The van der Waals surface area contributed by atoms with Crippen LogP contribution < -0.4 is 10.6 Å². The van der Waals surface area contributed by atoms with Crippen LogP contribution in [0.25, 0.3) is 0 Å². The van der Waals surface area contributed by atoms with Crippen LogP contribution >= 0.6 is 35.3 Å². The van der Waals surface area contributed by atoms with Gasteiger partial charge in [-0.25, -0.2) is 9.78 Å². The SMILES string of the molecule is CCOC(=O)c1sc(C(C)NC(=NC)NCCc2cnn(C)c2)nc1C.I. The zero-order valence-corrected chi connectivity index (χ0v) is 19.4. The van der Waals surface area contributed by atoms with Crippen LogP contribution in [0.3, 0.4) is 0 Å². The lowest BCUT2D eigenvalue weighted by atomic mass is 10.2. The van der Waals surface area contributed by atoms with Crippen molar-refractivity contribution in [3.05, 3.63) is 33.5 Å². The third-order valence-electron chi connectivity index (χ3n) is 3.69. The highest BCUT2D eigenvalue weighted by Gasteiger charge is 2.20. The van der Waals surface area contributed by atoms with Gasteiger partial charge in [0, 0.05) is 26.8 Å². The van der Waals surface area contributed by atoms with E-state index in [-0.39, 0.29) is 36.0 Å². The molecule has 10 heteroatoms. The lowest BCUT2D eigenvalue weighted by Crippen LogP contribution is -2.39. The molecule has 0 spiro atoms. The minimum Gasteiger partial charge on any atom is -0.462 e. The van der Waals surface area contributed by atoms with Crippen molar-refractivity contribution >= 4 is 47.2 Å². The Kier molecular flexibility index (Phi) is 9.70. The number of hydrogen-bond acceptors (Lipinski definition) is 6. The number of aliphatic imine (C=N–C) groups is 1. The van der Waals surface area contributed by atoms with E-state index in [1.165, 1.54) is 11.3 Å². The van der Waals surface area contributed by atoms with Crippen LogP contribution in [0.15, 0.2) is 17.4 Å². The molecule has 1 unspecified atom stereocenters. The van der Waals surface area contributed by atoms with Crippen molar-refractivity contribution in [2.24, 2.45) is 12.0 Å². The molecular weight excluding hydrogens is 479 g/mol. The molecule has 0 aliphatic rings. The van der Waals surface area contributed by atoms with Crippen molar-refractivity contribution in [2.45, 2.75) is 33.2 Å². The number of esters is 1. The zero-order valence-electron chi connectivity index (χ0n) is 16.3. The first-order chi connectivity index (χ1) is 12.4. The maximum atomic E-state index is 11.9. The first kappa shape index (κ1) is 23.3. The lowest BCUT2D eigenvalue weighted by molar-refractivity contribution is 0.0531. The molecule has 0 radical (unpaired) electrons. The van der Waals surface area contributed by atoms with Gasteiger partial charge in [0.25, 0.3) is 0 Å². The number of thiazole rings is 1. The third-order valence-corrected chi connectivity index (χ3v) is 5.01. The molecule has 0 fully saturated rings. The number of ether oxygens (including phenoxy) is 1. The fourth-order valence-electron chi connectivity index (χ4n) is 2.38. The Balaban J connectivity index is 0.00000364. The van der Waals surface area contributed by atoms with Gasteiger partial charge in [0.1, 0.15) is 9.88 Å². The van der Waals surface area contributed by atoms with Crippen LogP contribution in [0, 0.1) is 6.92 Å². The van der Waals surface area contributed by atoms with Crippen LogP contribution in [0.4, 0.5) is 0 Å². The van der Waals surface area contributed by atoms with Crippen LogP contribution in [0.1, 0.15) is 45.8 Å². The quantitative estimate of drug-likeness (QED) is 0.260. The van der Waals surface area contributed by atoms with E-state index in [2.05, 4.69) is 25.7 Å². The Hall–Kier alpha value is -1.69. The number of halogens is 1. The average Bonchev–Trinajstić information content (AvgIpc) is 3.19.